The molecule has 28 nitrogen and oxygen atoms in total. The standard InChI is InChI=1S/C12H14ClN3O3.C12H15ClN2O4.C10H11ClN4O4.C10H10ClN3O5.4CH4/c1-3-12(6-14)7(2)9(13)10(19-12)16-5-4-8(17)15-11(16)18;1-3-12(6-16)7(2)9(13)10(19-12)15-5-4-8(17)14-11(15)18;11-6-7(17)10(3-12,4-16)19-8(6)15-2-1-5(13)14-9(15)18;11-6-7(17)10(3-12,4-15)19-8(6)14-2-1-5(16)13-9(14)18;;;;/h4-5,7,9-10H,3H2,1-2H3,(H,15,17,18);4-7,9-10H,3H2,1-2H3,(H,14,17,18);1-2,6-8,16-17H,4H2,(H2,13,14,18);1-2,6-8,15,17H,4H2,(H,13,16,18);4*1H4/t2*7-,9+,10+,12-;2*6-,7+,8-,10-;;;;/m0011..../s1. The Kier molecular flexibility index (Phi) is 25.9. The van der Waals surface area contributed by atoms with Crippen molar-refractivity contribution in [3.05, 3.63) is 122 Å². The van der Waals surface area contributed by atoms with Crippen LogP contribution in [0.25, 0.3) is 0 Å². The fourth-order valence-electron chi connectivity index (χ4n) is 8.43. The fraction of sp³-hybridized carbons (Fsp3) is 0.583. The van der Waals surface area contributed by atoms with Gasteiger partial charge in [-0.3, -0.25) is 47.6 Å². The Balaban J connectivity index is 0.000000525. The number of nitrogens with two attached hydrogens (primary N) is 1. The largest absolute Gasteiger partial charge is 0.392 e. The molecule has 0 aliphatic carbocycles. The molecule has 4 aromatic heterocycles. The summed E-state index contributed by atoms with van der Waals surface area (Å²) in [6, 6.07) is 10.3. The van der Waals surface area contributed by atoms with Crippen LogP contribution in [-0.2, 0) is 23.7 Å². The van der Waals surface area contributed by atoms with Crippen molar-refractivity contribution >= 4 is 58.5 Å². The summed E-state index contributed by atoms with van der Waals surface area (Å²) < 4.78 is 26.3. The number of H-pyrrole nitrogens is 3. The molecule has 0 unspecified atom stereocenters. The maximum atomic E-state index is 11.8. The van der Waals surface area contributed by atoms with E-state index < -0.39 is 134 Å². The number of aliphatic hydroxyl groups excluding tert-OH is 4. The van der Waals surface area contributed by atoms with E-state index in [0.717, 1.165) is 27.7 Å². The van der Waals surface area contributed by atoms with Gasteiger partial charge in [-0.25, -0.2) is 19.2 Å². The number of carbonyl (C=O) groups is 1. The molecule has 80 heavy (non-hydrogen) atoms. The van der Waals surface area contributed by atoms with Crippen LogP contribution in [0.2, 0.25) is 0 Å². The molecule has 9 N–H and O–H groups in total. The maximum Gasteiger partial charge on any atom is 0.351 e. The number of ether oxygens (including phenoxy) is 4. The van der Waals surface area contributed by atoms with Gasteiger partial charge in [0.05, 0.1) is 30.0 Å². The van der Waals surface area contributed by atoms with Gasteiger partial charge < -0.3 is 49.9 Å². The first-order valence-electron chi connectivity index (χ1n) is 22.6. The van der Waals surface area contributed by atoms with Crippen molar-refractivity contribution in [2.45, 2.75) is 151 Å². The average molecular weight is 1210 g/mol. The van der Waals surface area contributed by atoms with Gasteiger partial charge in [-0.05, 0) is 18.9 Å². The van der Waals surface area contributed by atoms with Crippen LogP contribution < -0.4 is 45.2 Å². The van der Waals surface area contributed by atoms with Crippen LogP contribution in [-0.4, -0.2) is 134 Å². The number of hydrogen-bond donors (Lipinski definition) is 8. The molecular weight excluding hydrogens is 1140 g/mol. The minimum absolute atomic E-state index is 0. The molecule has 32 heteroatoms. The molecular formula is C48H66Cl4N12O16. The molecule has 0 saturated carbocycles. The number of alkyl halides is 4. The van der Waals surface area contributed by atoms with Crippen molar-refractivity contribution in [3.63, 3.8) is 0 Å². The number of carbonyl (C=O) groups excluding carboxylic acids is 1. The van der Waals surface area contributed by atoms with Crippen molar-refractivity contribution < 1.29 is 44.2 Å². The number of aromatic amines is 3. The summed E-state index contributed by atoms with van der Waals surface area (Å²) in [6.45, 7) is 5.77. The number of anilines is 1. The number of halogens is 4. The second kappa shape index (κ2) is 28.9. The van der Waals surface area contributed by atoms with Crippen molar-refractivity contribution in [3.8, 4) is 18.2 Å². The molecule has 4 aliphatic heterocycles. The molecule has 4 fully saturated rings. The molecule has 4 aromatic rings. The Bertz CT molecular complexity index is 3200. The first-order valence-corrected chi connectivity index (χ1v) is 24.4. The van der Waals surface area contributed by atoms with Gasteiger partial charge in [-0.1, -0.05) is 57.4 Å². The van der Waals surface area contributed by atoms with Crippen molar-refractivity contribution in [1.29, 1.82) is 15.8 Å². The fourth-order valence-corrected chi connectivity index (χ4v) is 9.94. The van der Waals surface area contributed by atoms with E-state index in [4.69, 9.17) is 81.6 Å². The first-order chi connectivity index (χ1) is 35.8. The second-order valence-electron chi connectivity index (χ2n) is 17.5. The third-order valence-electron chi connectivity index (χ3n) is 13.3. The van der Waals surface area contributed by atoms with Crippen LogP contribution in [0.4, 0.5) is 5.82 Å². The third-order valence-corrected chi connectivity index (χ3v) is 15.4. The number of aldehydes is 1. The lowest BCUT2D eigenvalue weighted by atomic mass is 9.87. The smallest absolute Gasteiger partial charge is 0.351 e. The Morgan fingerprint density at radius 1 is 0.588 bits per heavy atom. The van der Waals surface area contributed by atoms with Gasteiger partial charge in [0, 0.05) is 54.8 Å². The summed E-state index contributed by atoms with van der Waals surface area (Å²) in [5.74, 6) is -0.437. The monoisotopic (exact) mass is 1210 g/mol. The number of nitrogens with one attached hydrogen (secondary N) is 3. The van der Waals surface area contributed by atoms with E-state index in [-0.39, 0.29) is 47.4 Å². The first kappa shape index (κ1) is 71.7. The molecule has 0 aromatic carbocycles. The van der Waals surface area contributed by atoms with Crippen LogP contribution in [0, 0.1) is 45.8 Å². The number of aromatic nitrogens is 8. The lowest BCUT2D eigenvalue weighted by Gasteiger charge is -2.25. The van der Waals surface area contributed by atoms with E-state index in [1.807, 2.05) is 32.7 Å². The average Bonchev–Trinajstić information content (AvgIpc) is 4.01. The minimum Gasteiger partial charge on any atom is -0.392 e. The quantitative estimate of drug-likeness (QED) is 0.0857. The second-order valence-corrected chi connectivity index (χ2v) is 19.5. The molecule has 0 amide bonds. The molecule has 8 rings (SSSR count). The highest BCUT2D eigenvalue weighted by Crippen LogP contribution is 2.46. The van der Waals surface area contributed by atoms with E-state index >= 15 is 0 Å². The zero-order chi connectivity index (χ0) is 56.8. The molecule has 0 radical (unpaired) electrons. The molecule has 8 heterocycles. The van der Waals surface area contributed by atoms with E-state index in [1.165, 1.54) is 45.9 Å². The molecule has 4 saturated heterocycles. The zero-order valence-corrected chi connectivity index (χ0v) is 43.3. The topological polar surface area (TPSA) is 432 Å². The Morgan fingerprint density at radius 2 is 0.925 bits per heavy atom. The van der Waals surface area contributed by atoms with Crippen molar-refractivity contribution in [2.24, 2.45) is 11.8 Å². The van der Waals surface area contributed by atoms with E-state index in [0.29, 0.717) is 12.8 Å². The molecule has 4 aliphatic rings. The number of rotatable bonds is 9. The number of nitriles is 3. The van der Waals surface area contributed by atoms with Crippen LogP contribution in [0.5, 0.6) is 0 Å². The SMILES string of the molecule is C.C.C.C.CC[C@@]1(C#N)O[C@@H](n2ccc(=O)[nH]c2=O)[C@H](Cl)[C@@H]1C.CC[C@@]1(C=O)O[C@@H](n2ccc(=O)[nH]c2=O)[C@H](Cl)[C@@H]1C.N#C[C@]1(CO)O[C@@H](n2ccc(=O)[nH]c2=O)[C@H](Cl)[C@@H]1O.N#C[C@]1(CO)O[C@@H](n2ccc(N)nc2=O)[C@H](Cl)[C@@H]1O. The molecule has 0 spiro atoms. The minimum atomic E-state index is -1.90. The van der Waals surface area contributed by atoms with Gasteiger partial charge in [0.2, 0.25) is 11.2 Å². The van der Waals surface area contributed by atoms with E-state index in [2.05, 4.69) is 21.0 Å². The predicted octanol–water partition coefficient (Wildman–Crippen LogP) is 1.05. The third kappa shape index (κ3) is 13.7. The van der Waals surface area contributed by atoms with Crippen LogP contribution >= 0.6 is 46.4 Å². The van der Waals surface area contributed by atoms with Crippen LogP contribution in [0.1, 0.15) is 95.2 Å². The van der Waals surface area contributed by atoms with Crippen LogP contribution in [0.15, 0.2) is 82.6 Å². The molecule has 0 bridgehead atoms. The molecule has 16 atom stereocenters. The van der Waals surface area contributed by atoms with Crippen LogP contribution in [0.3, 0.4) is 0 Å². The summed E-state index contributed by atoms with van der Waals surface area (Å²) in [6.07, 6.45) is 0.0138. The Hall–Kier alpha value is -6.30. The van der Waals surface area contributed by atoms with Gasteiger partial charge in [0.1, 0.15) is 46.5 Å². The molecule has 442 valence electrons. The summed E-state index contributed by atoms with van der Waals surface area (Å²) in [5.41, 5.74) is -4.70. The predicted molar refractivity (Wildman–Crippen MR) is 292 cm³/mol. The highest BCUT2D eigenvalue weighted by atomic mass is 35.5. The summed E-state index contributed by atoms with van der Waals surface area (Å²) in [5, 5.41) is 62.1. The van der Waals surface area contributed by atoms with Crippen molar-refractivity contribution in [1.82, 2.24) is 38.2 Å². The van der Waals surface area contributed by atoms with E-state index in [1.54, 1.807) is 12.1 Å². The normalized spacial score (nSPS) is 32.5. The highest BCUT2D eigenvalue weighted by molar-refractivity contribution is 6.22. The number of hydrogen-bond acceptors (Lipinski definition) is 21. The van der Waals surface area contributed by atoms with E-state index in [9.17, 15) is 64.0 Å². The summed E-state index contributed by atoms with van der Waals surface area (Å²) in [7, 11) is 0. The summed E-state index contributed by atoms with van der Waals surface area (Å²) >= 11 is 24.5. The van der Waals surface area contributed by atoms with Gasteiger partial charge in [0.15, 0.2) is 36.8 Å². The maximum absolute atomic E-state index is 11.8. The van der Waals surface area contributed by atoms with Crippen molar-refractivity contribution in [2.75, 3.05) is 18.9 Å². The van der Waals surface area contributed by atoms with Gasteiger partial charge in [0.25, 0.3) is 16.7 Å². The summed E-state index contributed by atoms with van der Waals surface area (Å²) in [4.78, 5) is 101. The zero-order valence-electron chi connectivity index (χ0n) is 40.3. The van der Waals surface area contributed by atoms with Gasteiger partial charge >= 0.3 is 22.8 Å². The highest BCUT2D eigenvalue weighted by Gasteiger charge is 2.57. The Labute approximate surface area is 477 Å². The lowest BCUT2D eigenvalue weighted by Crippen LogP contribution is -2.43. The number of aliphatic hydroxyl groups is 4. The number of nitrogens with zero attached hydrogens (tertiary/aromatic N) is 8. The number of nitrogen functional groups attached to an aromatic ring is 1. The van der Waals surface area contributed by atoms with Gasteiger partial charge in [-0.2, -0.15) is 20.8 Å². The Morgan fingerprint density at radius 3 is 1.21 bits per heavy atom. The lowest BCUT2D eigenvalue weighted by molar-refractivity contribution is -0.138. The van der Waals surface area contributed by atoms with Gasteiger partial charge in [-0.15, -0.1) is 46.4 Å².